The monoisotopic (exact) mass is 347 g/mol. The first-order chi connectivity index (χ1) is 10.0. The molecule has 21 heavy (non-hydrogen) atoms. The second-order valence-electron chi connectivity index (χ2n) is 5.40. The van der Waals surface area contributed by atoms with Crippen LogP contribution in [-0.4, -0.2) is 11.5 Å². The predicted molar refractivity (Wildman–Crippen MR) is 92.4 cm³/mol. The normalized spacial score (nSPS) is 12.4. The van der Waals surface area contributed by atoms with Gasteiger partial charge in [0.25, 0.3) is 0 Å². The number of rotatable bonds is 5. The van der Waals surface area contributed by atoms with E-state index in [2.05, 4.69) is 64.3 Å². The van der Waals surface area contributed by atoms with Gasteiger partial charge in [-0.2, -0.15) is 0 Å². The molecule has 1 unspecified atom stereocenters. The molecule has 2 rings (SSSR count). The minimum absolute atomic E-state index is 0.0484. The summed E-state index contributed by atoms with van der Waals surface area (Å²) in [6.07, 6.45) is 2.87. The number of nitrogen functional groups attached to an aromatic ring is 1. The smallest absolute Gasteiger partial charge is 0.128 e. The summed E-state index contributed by atoms with van der Waals surface area (Å²) in [5.74, 6) is 0.585. The lowest BCUT2D eigenvalue weighted by Crippen LogP contribution is -2.25. The van der Waals surface area contributed by atoms with Crippen LogP contribution < -0.4 is 11.1 Å². The molecule has 2 aromatic rings. The average molecular weight is 348 g/mol. The van der Waals surface area contributed by atoms with Crippen molar-refractivity contribution in [3.8, 4) is 0 Å². The Morgan fingerprint density at radius 3 is 2.62 bits per heavy atom. The summed E-state index contributed by atoms with van der Waals surface area (Å²) in [6, 6.07) is 8.57. The Bertz CT molecular complexity index is 625. The molecule has 1 heterocycles. The molecule has 0 amide bonds. The summed E-state index contributed by atoms with van der Waals surface area (Å²) in [6.45, 7) is 7.22. The van der Waals surface area contributed by atoms with Crippen LogP contribution in [0.2, 0.25) is 0 Å². The minimum atomic E-state index is 0.0484. The van der Waals surface area contributed by atoms with Crippen LogP contribution in [0.25, 0.3) is 0 Å². The van der Waals surface area contributed by atoms with Crippen molar-refractivity contribution >= 4 is 21.7 Å². The zero-order valence-corrected chi connectivity index (χ0v) is 14.4. The number of nitrogens with two attached hydrogens (primary N) is 1. The molecule has 1 aromatic heterocycles. The standard InChI is InChI=1S/C17H22BrN3/c1-4-7-20-16(13-6-5-11(2)9-15(13)18)14-8-12(3)10-21-17(14)19/h5-6,8-10,16,20H,4,7H2,1-3H3,(H2,19,21). The summed E-state index contributed by atoms with van der Waals surface area (Å²) in [5.41, 5.74) is 10.7. The van der Waals surface area contributed by atoms with Gasteiger partial charge in [0, 0.05) is 16.2 Å². The van der Waals surface area contributed by atoms with E-state index in [9.17, 15) is 0 Å². The summed E-state index contributed by atoms with van der Waals surface area (Å²) < 4.78 is 1.09. The highest BCUT2D eigenvalue weighted by Crippen LogP contribution is 2.32. The number of pyridine rings is 1. The van der Waals surface area contributed by atoms with Crippen molar-refractivity contribution in [2.24, 2.45) is 0 Å². The number of hydrogen-bond donors (Lipinski definition) is 2. The number of hydrogen-bond acceptors (Lipinski definition) is 3. The van der Waals surface area contributed by atoms with Crippen LogP contribution in [-0.2, 0) is 0 Å². The highest BCUT2D eigenvalue weighted by molar-refractivity contribution is 9.10. The van der Waals surface area contributed by atoms with Gasteiger partial charge >= 0.3 is 0 Å². The quantitative estimate of drug-likeness (QED) is 0.854. The fourth-order valence-corrected chi connectivity index (χ4v) is 3.10. The summed E-state index contributed by atoms with van der Waals surface area (Å²) in [5, 5.41) is 3.58. The topological polar surface area (TPSA) is 50.9 Å². The summed E-state index contributed by atoms with van der Waals surface area (Å²) >= 11 is 3.68. The highest BCUT2D eigenvalue weighted by atomic mass is 79.9. The van der Waals surface area contributed by atoms with Crippen LogP contribution in [0, 0.1) is 13.8 Å². The van der Waals surface area contributed by atoms with Crippen molar-refractivity contribution in [2.45, 2.75) is 33.2 Å². The molecule has 0 saturated carbocycles. The molecule has 4 heteroatoms. The van der Waals surface area contributed by atoms with Gasteiger partial charge in [-0.25, -0.2) is 4.98 Å². The number of halogens is 1. The number of nitrogens with zero attached hydrogens (tertiary/aromatic N) is 1. The third-order valence-corrected chi connectivity index (χ3v) is 4.15. The molecular formula is C17H22BrN3. The Morgan fingerprint density at radius 2 is 1.95 bits per heavy atom. The summed E-state index contributed by atoms with van der Waals surface area (Å²) in [7, 11) is 0. The molecule has 0 bridgehead atoms. The zero-order valence-electron chi connectivity index (χ0n) is 12.8. The van der Waals surface area contributed by atoms with Gasteiger partial charge in [0.15, 0.2) is 0 Å². The molecule has 3 nitrogen and oxygen atoms in total. The first kappa shape index (κ1) is 16.0. The van der Waals surface area contributed by atoms with E-state index in [0.29, 0.717) is 5.82 Å². The van der Waals surface area contributed by atoms with Crippen LogP contribution in [0.4, 0.5) is 5.82 Å². The van der Waals surface area contributed by atoms with E-state index in [4.69, 9.17) is 5.73 Å². The number of benzene rings is 1. The second kappa shape index (κ2) is 7.05. The van der Waals surface area contributed by atoms with Gasteiger partial charge in [-0.05, 0) is 55.6 Å². The Balaban J connectivity index is 2.49. The Morgan fingerprint density at radius 1 is 1.19 bits per heavy atom. The van der Waals surface area contributed by atoms with Gasteiger partial charge in [0.05, 0.1) is 6.04 Å². The van der Waals surface area contributed by atoms with Gasteiger partial charge < -0.3 is 11.1 Å². The Kier molecular flexibility index (Phi) is 5.37. The van der Waals surface area contributed by atoms with Gasteiger partial charge in [-0.15, -0.1) is 0 Å². The van der Waals surface area contributed by atoms with Crippen molar-refractivity contribution in [3.05, 3.63) is 57.2 Å². The molecule has 0 aliphatic carbocycles. The lowest BCUT2D eigenvalue weighted by atomic mass is 9.97. The molecular weight excluding hydrogens is 326 g/mol. The third kappa shape index (κ3) is 3.83. The number of anilines is 1. The van der Waals surface area contributed by atoms with Crippen LogP contribution in [0.3, 0.4) is 0 Å². The van der Waals surface area contributed by atoms with Gasteiger partial charge in [0.2, 0.25) is 0 Å². The molecule has 0 saturated heterocycles. The number of aryl methyl sites for hydroxylation is 2. The van der Waals surface area contributed by atoms with Crippen molar-refractivity contribution in [1.29, 1.82) is 0 Å². The molecule has 3 N–H and O–H groups in total. The van der Waals surface area contributed by atoms with Crippen molar-refractivity contribution in [1.82, 2.24) is 10.3 Å². The zero-order chi connectivity index (χ0) is 15.4. The fraction of sp³-hybridized carbons (Fsp3) is 0.353. The molecule has 0 spiro atoms. The maximum Gasteiger partial charge on any atom is 0.128 e. The summed E-state index contributed by atoms with van der Waals surface area (Å²) in [4.78, 5) is 4.30. The predicted octanol–water partition coefficient (Wildman–Crippen LogP) is 4.13. The first-order valence-corrected chi connectivity index (χ1v) is 8.03. The Labute approximate surface area is 135 Å². The average Bonchev–Trinajstić information content (AvgIpc) is 2.44. The van der Waals surface area contributed by atoms with Crippen LogP contribution in [0.5, 0.6) is 0 Å². The van der Waals surface area contributed by atoms with Crippen molar-refractivity contribution in [3.63, 3.8) is 0 Å². The fourth-order valence-electron chi connectivity index (χ4n) is 2.38. The first-order valence-electron chi connectivity index (χ1n) is 7.24. The number of nitrogens with one attached hydrogen (secondary N) is 1. The lowest BCUT2D eigenvalue weighted by Gasteiger charge is -2.22. The Hall–Kier alpha value is -1.39. The molecule has 0 aliphatic rings. The molecule has 0 aliphatic heterocycles. The van der Waals surface area contributed by atoms with E-state index < -0.39 is 0 Å². The van der Waals surface area contributed by atoms with Gasteiger partial charge in [-0.3, -0.25) is 0 Å². The molecule has 1 atom stereocenters. The minimum Gasteiger partial charge on any atom is -0.383 e. The maximum atomic E-state index is 6.11. The second-order valence-corrected chi connectivity index (χ2v) is 6.25. The third-order valence-electron chi connectivity index (χ3n) is 3.46. The van der Waals surface area contributed by atoms with E-state index in [1.54, 1.807) is 6.20 Å². The maximum absolute atomic E-state index is 6.11. The lowest BCUT2D eigenvalue weighted by molar-refractivity contribution is 0.596. The largest absolute Gasteiger partial charge is 0.383 e. The van der Waals surface area contributed by atoms with Crippen LogP contribution >= 0.6 is 15.9 Å². The molecule has 1 aromatic carbocycles. The van der Waals surface area contributed by atoms with Crippen molar-refractivity contribution < 1.29 is 0 Å². The highest BCUT2D eigenvalue weighted by Gasteiger charge is 2.19. The van der Waals surface area contributed by atoms with Gasteiger partial charge in [-0.1, -0.05) is 35.0 Å². The number of aromatic nitrogens is 1. The van der Waals surface area contributed by atoms with E-state index in [0.717, 1.165) is 28.6 Å². The van der Waals surface area contributed by atoms with Crippen LogP contribution in [0.15, 0.2) is 34.9 Å². The van der Waals surface area contributed by atoms with E-state index in [1.165, 1.54) is 11.1 Å². The SMILES string of the molecule is CCCNC(c1ccc(C)cc1Br)c1cc(C)cnc1N. The van der Waals surface area contributed by atoms with E-state index >= 15 is 0 Å². The molecule has 0 radical (unpaired) electrons. The van der Waals surface area contributed by atoms with Crippen LogP contribution in [0.1, 0.15) is 41.6 Å². The van der Waals surface area contributed by atoms with E-state index in [1.807, 2.05) is 6.92 Å². The molecule has 112 valence electrons. The molecule has 0 fully saturated rings. The van der Waals surface area contributed by atoms with Crippen molar-refractivity contribution in [2.75, 3.05) is 12.3 Å². The van der Waals surface area contributed by atoms with E-state index in [-0.39, 0.29) is 6.04 Å². The van der Waals surface area contributed by atoms with Gasteiger partial charge in [0.1, 0.15) is 5.82 Å².